The highest BCUT2D eigenvalue weighted by Gasteiger charge is 2.35. The van der Waals surface area contributed by atoms with E-state index < -0.39 is 28.5 Å². The van der Waals surface area contributed by atoms with Crippen molar-refractivity contribution in [2.24, 2.45) is 0 Å². The van der Waals surface area contributed by atoms with Crippen LogP contribution in [0.1, 0.15) is 25.0 Å². The van der Waals surface area contributed by atoms with Gasteiger partial charge in [0.2, 0.25) is 11.8 Å². The number of anilines is 1. The summed E-state index contributed by atoms with van der Waals surface area (Å²) in [5, 5.41) is 3.47. The molecule has 2 amide bonds. The molecule has 0 bridgehead atoms. The van der Waals surface area contributed by atoms with Crippen LogP contribution in [0, 0.1) is 0 Å². The molecule has 0 aliphatic carbocycles. The summed E-state index contributed by atoms with van der Waals surface area (Å²) in [5.41, 5.74) is 1.75. The van der Waals surface area contributed by atoms with Crippen molar-refractivity contribution in [2.75, 3.05) is 25.1 Å². The average molecular weight is 664 g/mol. The minimum atomic E-state index is -4.26. The molecule has 1 N–H and O–H groups in total. The van der Waals surface area contributed by atoms with Crippen LogP contribution in [0.5, 0.6) is 11.5 Å². The average Bonchev–Trinajstić information content (AvgIpc) is 3.06. The summed E-state index contributed by atoms with van der Waals surface area (Å²) in [6.45, 7) is 3.12. The van der Waals surface area contributed by atoms with Gasteiger partial charge in [0.05, 0.1) is 24.8 Å². The molecule has 46 heavy (non-hydrogen) atoms. The Morgan fingerprint density at radius 3 is 2.00 bits per heavy atom. The van der Waals surface area contributed by atoms with Crippen LogP contribution >= 0.6 is 11.6 Å². The van der Waals surface area contributed by atoms with Gasteiger partial charge in [0.1, 0.15) is 12.6 Å². The second-order valence-corrected chi connectivity index (χ2v) is 13.2. The van der Waals surface area contributed by atoms with Crippen LogP contribution in [0.2, 0.25) is 5.02 Å². The van der Waals surface area contributed by atoms with Crippen molar-refractivity contribution in [1.82, 2.24) is 10.2 Å². The molecule has 0 aromatic heterocycles. The third kappa shape index (κ3) is 8.58. The highest BCUT2D eigenvalue weighted by Crippen LogP contribution is 2.34. The Morgan fingerprint density at radius 2 is 1.41 bits per heavy atom. The number of nitrogens with zero attached hydrogens (tertiary/aromatic N) is 2. The predicted octanol–water partition coefficient (Wildman–Crippen LogP) is 5.72. The molecule has 4 aromatic carbocycles. The fraction of sp³-hybridized carbons (Fsp3) is 0.257. The zero-order valence-corrected chi connectivity index (χ0v) is 27.8. The summed E-state index contributed by atoms with van der Waals surface area (Å²) in [7, 11) is -1.34. The van der Waals surface area contributed by atoms with Crippen molar-refractivity contribution in [1.29, 1.82) is 0 Å². The highest BCUT2D eigenvalue weighted by atomic mass is 35.5. The maximum absolute atomic E-state index is 14.5. The minimum Gasteiger partial charge on any atom is -0.493 e. The van der Waals surface area contributed by atoms with Gasteiger partial charge >= 0.3 is 0 Å². The number of nitrogens with one attached hydrogen (secondary N) is 1. The summed E-state index contributed by atoms with van der Waals surface area (Å²) in [5.74, 6) is -0.252. The Balaban J connectivity index is 1.83. The van der Waals surface area contributed by atoms with Crippen molar-refractivity contribution in [2.45, 2.75) is 43.8 Å². The van der Waals surface area contributed by atoms with Gasteiger partial charge in [-0.1, -0.05) is 72.3 Å². The van der Waals surface area contributed by atoms with Gasteiger partial charge in [0, 0.05) is 30.1 Å². The van der Waals surface area contributed by atoms with E-state index >= 15 is 0 Å². The van der Waals surface area contributed by atoms with E-state index in [9.17, 15) is 18.0 Å². The van der Waals surface area contributed by atoms with Crippen molar-refractivity contribution in [3.05, 3.63) is 119 Å². The summed E-state index contributed by atoms with van der Waals surface area (Å²) >= 11 is 6.14. The number of carbonyl (C=O) groups excluding carboxylic acids is 2. The summed E-state index contributed by atoms with van der Waals surface area (Å²) < 4.78 is 40.2. The highest BCUT2D eigenvalue weighted by molar-refractivity contribution is 7.92. The normalized spacial score (nSPS) is 11.9. The molecule has 9 nitrogen and oxygen atoms in total. The van der Waals surface area contributed by atoms with Crippen LogP contribution in [0.4, 0.5) is 5.69 Å². The molecule has 11 heteroatoms. The monoisotopic (exact) mass is 663 g/mol. The van der Waals surface area contributed by atoms with Gasteiger partial charge in [-0.2, -0.15) is 0 Å². The lowest BCUT2D eigenvalue weighted by molar-refractivity contribution is -0.140. The number of carbonyl (C=O) groups is 2. The van der Waals surface area contributed by atoms with E-state index in [1.54, 1.807) is 54.6 Å². The maximum atomic E-state index is 14.5. The van der Waals surface area contributed by atoms with Gasteiger partial charge in [-0.3, -0.25) is 13.9 Å². The van der Waals surface area contributed by atoms with E-state index in [1.807, 2.05) is 44.2 Å². The molecule has 0 heterocycles. The molecule has 242 valence electrons. The van der Waals surface area contributed by atoms with E-state index in [-0.39, 0.29) is 41.2 Å². The Bertz CT molecular complexity index is 1720. The Kier molecular flexibility index (Phi) is 11.7. The summed E-state index contributed by atoms with van der Waals surface area (Å²) in [4.78, 5) is 29.8. The van der Waals surface area contributed by atoms with Crippen molar-refractivity contribution in [3.63, 3.8) is 0 Å². The lowest BCUT2D eigenvalue weighted by Crippen LogP contribution is -2.54. The molecule has 0 aliphatic rings. The standard InChI is InChI=1S/C35H38ClN3O6S/c1-25(2)37-35(41)31(21-26-11-7-5-8-12-26)38(23-27-15-17-28(36)18-16-27)34(40)24-39(46(42,43)30-13-9-6-10-14-30)29-19-20-32(44-3)33(22-29)45-4/h5-20,22,25,31H,21,23-24H2,1-4H3,(H,37,41)/t31-/m1/s1. The first-order chi connectivity index (χ1) is 22.0. The lowest BCUT2D eigenvalue weighted by Gasteiger charge is -2.34. The number of hydrogen-bond acceptors (Lipinski definition) is 6. The van der Waals surface area contributed by atoms with Crippen LogP contribution in [0.15, 0.2) is 108 Å². The summed E-state index contributed by atoms with van der Waals surface area (Å²) in [6.07, 6.45) is 0.209. The molecule has 0 saturated carbocycles. The van der Waals surface area contributed by atoms with Gasteiger partial charge in [-0.05, 0) is 61.4 Å². The lowest BCUT2D eigenvalue weighted by atomic mass is 10.0. The first kappa shape index (κ1) is 34.3. The van der Waals surface area contributed by atoms with Crippen LogP contribution < -0.4 is 19.1 Å². The Hall–Kier alpha value is -4.54. The zero-order chi connectivity index (χ0) is 33.3. The molecule has 0 saturated heterocycles. The Morgan fingerprint density at radius 1 is 0.804 bits per heavy atom. The molecule has 0 spiro atoms. The Labute approximate surface area is 275 Å². The molecular formula is C35H38ClN3O6S. The zero-order valence-electron chi connectivity index (χ0n) is 26.2. The summed E-state index contributed by atoms with van der Waals surface area (Å²) in [6, 6.07) is 27.7. The number of benzene rings is 4. The van der Waals surface area contributed by atoms with Gasteiger partial charge in [0.25, 0.3) is 10.0 Å². The second-order valence-electron chi connectivity index (χ2n) is 10.9. The third-order valence-electron chi connectivity index (χ3n) is 7.23. The number of amides is 2. The third-order valence-corrected chi connectivity index (χ3v) is 9.27. The number of rotatable bonds is 14. The van der Waals surface area contributed by atoms with Crippen molar-refractivity contribution < 1.29 is 27.5 Å². The molecule has 0 fully saturated rings. The maximum Gasteiger partial charge on any atom is 0.264 e. The predicted molar refractivity (Wildman–Crippen MR) is 180 cm³/mol. The van der Waals surface area contributed by atoms with Gasteiger partial charge in [-0.15, -0.1) is 0 Å². The smallest absolute Gasteiger partial charge is 0.264 e. The quantitative estimate of drug-likeness (QED) is 0.185. The fourth-order valence-corrected chi connectivity index (χ4v) is 6.50. The van der Waals surface area contributed by atoms with Gasteiger partial charge in [-0.25, -0.2) is 8.42 Å². The minimum absolute atomic E-state index is 0.000206. The fourth-order valence-electron chi connectivity index (χ4n) is 4.95. The first-order valence-electron chi connectivity index (χ1n) is 14.7. The molecule has 1 atom stereocenters. The van der Waals surface area contributed by atoms with E-state index in [2.05, 4.69) is 5.32 Å². The van der Waals surface area contributed by atoms with E-state index in [0.717, 1.165) is 15.4 Å². The van der Waals surface area contributed by atoms with Crippen LogP contribution in [0.25, 0.3) is 0 Å². The largest absolute Gasteiger partial charge is 0.493 e. The number of halogens is 1. The van der Waals surface area contributed by atoms with Gasteiger partial charge in [0.15, 0.2) is 11.5 Å². The SMILES string of the molecule is COc1ccc(N(CC(=O)N(Cc2ccc(Cl)cc2)[C@H](Cc2ccccc2)C(=O)NC(C)C)S(=O)(=O)c2ccccc2)cc1OC. The van der Waals surface area contributed by atoms with Crippen molar-refractivity contribution >= 4 is 39.1 Å². The second kappa shape index (κ2) is 15.6. The van der Waals surface area contributed by atoms with E-state index in [4.69, 9.17) is 21.1 Å². The van der Waals surface area contributed by atoms with E-state index in [1.165, 1.54) is 37.3 Å². The molecule has 0 radical (unpaired) electrons. The molecular weight excluding hydrogens is 626 g/mol. The van der Waals surface area contributed by atoms with Crippen LogP contribution in [-0.2, 0) is 32.6 Å². The molecule has 0 aliphatic heterocycles. The van der Waals surface area contributed by atoms with Crippen molar-refractivity contribution in [3.8, 4) is 11.5 Å². The molecule has 0 unspecified atom stereocenters. The number of methoxy groups -OCH3 is 2. The van der Waals surface area contributed by atoms with E-state index in [0.29, 0.717) is 10.8 Å². The first-order valence-corrected chi connectivity index (χ1v) is 16.5. The van der Waals surface area contributed by atoms with Crippen LogP contribution in [-0.4, -0.2) is 58.0 Å². The topological polar surface area (TPSA) is 105 Å². The number of hydrogen-bond donors (Lipinski definition) is 1. The van der Waals surface area contributed by atoms with Crippen LogP contribution in [0.3, 0.4) is 0 Å². The van der Waals surface area contributed by atoms with Gasteiger partial charge < -0.3 is 19.7 Å². The molecule has 4 aromatic rings. The molecule has 4 rings (SSSR count). The number of sulfonamides is 1. The number of ether oxygens (including phenoxy) is 2.